The molecule has 20 heavy (non-hydrogen) atoms. The molecular formula is C13H18Cl2N4O. The summed E-state index contributed by atoms with van der Waals surface area (Å²) in [6.45, 7) is 3.77. The van der Waals surface area contributed by atoms with Crippen LogP contribution >= 0.6 is 23.2 Å². The van der Waals surface area contributed by atoms with Crippen molar-refractivity contribution in [3.63, 3.8) is 0 Å². The first-order valence-electron chi connectivity index (χ1n) is 6.11. The van der Waals surface area contributed by atoms with Gasteiger partial charge in [-0.05, 0) is 19.0 Å². The van der Waals surface area contributed by atoms with Crippen molar-refractivity contribution in [2.45, 2.75) is 26.1 Å². The van der Waals surface area contributed by atoms with Crippen LogP contribution in [0.3, 0.4) is 0 Å². The average Bonchev–Trinajstić information content (AvgIpc) is 2.37. The van der Waals surface area contributed by atoms with Gasteiger partial charge in [-0.3, -0.25) is 20.3 Å². The van der Waals surface area contributed by atoms with E-state index in [0.717, 1.165) is 0 Å². The second kappa shape index (κ2) is 7.69. The van der Waals surface area contributed by atoms with E-state index in [9.17, 15) is 5.11 Å². The third-order valence-corrected chi connectivity index (χ3v) is 3.20. The van der Waals surface area contributed by atoms with Gasteiger partial charge in [-0.1, -0.05) is 37.0 Å². The number of pyridine rings is 1. The number of aliphatic hydroxyl groups is 1. The number of hydrogen-bond acceptors (Lipinski definition) is 5. The first-order chi connectivity index (χ1) is 9.32. The topological polar surface area (TPSA) is 72.6 Å². The summed E-state index contributed by atoms with van der Waals surface area (Å²) in [5.74, 6) is 0.0137. The number of nitrogens with zero attached hydrogens (tertiary/aromatic N) is 3. The lowest BCUT2D eigenvalue weighted by Gasteiger charge is -2.30. The quantitative estimate of drug-likeness (QED) is 0.626. The standard InChI is InChI=1S/C13H18Cl2N4O/c1-8(2)13(20)19(3)11(12(15)16)7-18-10-4-9(14)5-17-6-10/h4-8,11,13,16,20H,1-3H3. The maximum absolute atomic E-state index is 10.0. The minimum atomic E-state index is -0.719. The monoisotopic (exact) mass is 316 g/mol. The van der Waals surface area contributed by atoms with Crippen LogP contribution in [0, 0.1) is 11.3 Å². The Balaban J connectivity index is 2.90. The molecule has 0 bridgehead atoms. The summed E-state index contributed by atoms with van der Waals surface area (Å²) in [5.41, 5.74) is 0.563. The third kappa shape index (κ3) is 4.83. The van der Waals surface area contributed by atoms with E-state index in [1.165, 1.54) is 12.4 Å². The minimum absolute atomic E-state index is 0.0137. The molecule has 2 N–H and O–H groups in total. The number of hydrogen-bond donors (Lipinski definition) is 2. The lowest BCUT2D eigenvalue weighted by Crippen LogP contribution is -2.46. The van der Waals surface area contributed by atoms with Gasteiger partial charge >= 0.3 is 0 Å². The van der Waals surface area contributed by atoms with Gasteiger partial charge in [-0.15, -0.1) is 0 Å². The largest absolute Gasteiger partial charge is 0.378 e. The molecule has 5 nitrogen and oxygen atoms in total. The molecule has 0 saturated heterocycles. The number of aliphatic imine (C=N–C) groups is 1. The van der Waals surface area contributed by atoms with E-state index in [1.54, 1.807) is 24.2 Å². The zero-order chi connectivity index (χ0) is 15.3. The Morgan fingerprint density at radius 3 is 2.65 bits per heavy atom. The van der Waals surface area contributed by atoms with E-state index >= 15 is 0 Å². The average molecular weight is 317 g/mol. The first kappa shape index (κ1) is 17.0. The van der Waals surface area contributed by atoms with E-state index < -0.39 is 12.3 Å². The van der Waals surface area contributed by atoms with Crippen LogP contribution in [0.25, 0.3) is 0 Å². The molecule has 0 aliphatic rings. The molecule has 7 heteroatoms. The molecule has 0 radical (unpaired) electrons. The Labute approximate surface area is 128 Å². The highest BCUT2D eigenvalue weighted by Gasteiger charge is 2.24. The molecule has 0 amide bonds. The van der Waals surface area contributed by atoms with Crippen molar-refractivity contribution in [1.82, 2.24) is 9.88 Å². The van der Waals surface area contributed by atoms with Gasteiger partial charge in [-0.25, -0.2) is 0 Å². The van der Waals surface area contributed by atoms with E-state index in [0.29, 0.717) is 10.7 Å². The van der Waals surface area contributed by atoms with Crippen molar-refractivity contribution >= 4 is 40.3 Å². The lowest BCUT2D eigenvalue weighted by molar-refractivity contribution is -0.0123. The molecule has 2 unspecified atom stereocenters. The van der Waals surface area contributed by atoms with Gasteiger partial charge in [0.25, 0.3) is 0 Å². The molecule has 1 aromatic rings. The second-order valence-corrected chi connectivity index (χ2v) is 5.60. The maximum atomic E-state index is 10.0. The Morgan fingerprint density at radius 2 is 2.15 bits per heavy atom. The third-order valence-electron chi connectivity index (χ3n) is 2.77. The Hall–Kier alpha value is -1.01. The molecule has 0 saturated carbocycles. The molecule has 2 atom stereocenters. The van der Waals surface area contributed by atoms with E-state index in [4.69, 9.17) is 28.6 Å². The van der Waals surface area contributed by atoms with Crippen LogP contribution in [0.4, 0.5) is 5.69 Å². The van der Waals surface area contributed by atoms with Gasteiger partial charge in [0.05, 0.1) is 16.9 Å². The SMILES string of the molecule is CC(C)C(O)N(C)C(C=Nc1cncc(Cl)c1)C(=N)Cl. The lowest BCUT2D eigenvalue weighted by atomic mass is 10.1. The molecule has 0 aliphatic heterocycles. The van der Waals surface area contributed by atoms with Gasteiger partial charge in [0, 0.05) is 12.4 Å². The first-order valence-corrected chi connectivity index (χ1v) is 6.87. The normalized spacial score (nSPS) is 15.0. The van der Waals surface area contributed by atoms with Crippen LogP contribution in [0.5, 0.6) is 0 Å². The highest BCUT2D eigenvalue weighted by atomic mass is 35.5. The number of rotatable bonds is 6. The number of halogens is 2. The molecule has 110 valence electrons. The van der Waals surface area contributed by atoms with Crippen LogP contribution in [0.15, 0.2) is 23.5 Å². The molecule has 1 aromatic heterocycles. The maximum Gasteiger partial charge on any atom is 0.120 e. The molecule has 0 aliphatic carbocycles. The molecular weight excluding hydrogens is 299 g/mol. The second-order valence-electron chi connectivity index (χ2n) is 4.76. The summed E-state index contributed by atoms with van der Waals surface area (Å²) in [6.07, 6.45) is 3.84. The summed E-state index contributed by atoms with van der Waals surface area (Å²) in [7, 11) is 1.69. The zero-order valence-electron chi connectivity index (χ0n) is 11.6. The molecule has 0 fully saturated rings. The molecule has 1 heterocycles. The fraction of sp³-hybridized carbons (Fsp3) is 0.462. The highest BCUT2D eigenvalue weighted by Crippen LogP contribution is 2.17. The number of nitrogens with one attached hydrogen (secondary N) is 1. The Kier molecular flexibility index (Phi) is 6.55. The van der Waals surface area contributed by atoms with E-state index in [2.05, 4.69) is 9.98 Å². The Morgan fingerprint density at radius 1 is 1.50 bits per heavy atom. The van der Waals surface area contributed by atoms with Crippen LogP contribution in [0.2, 0.25) is 5.02 Å². The summed E-state index contributed by atoms with van der Waals surface area (Å²) in [5, 5.41) is 18.0. The van der Waals surface area contributed by atoms with Crippen molar-refractivity contribution in [2.75, 3.05) is 7.05 Å². The van der Waals surface area contributed by atoms with Gasteiger partial charge in [0.15, 0.2) is 0 Å². The van der Waals surface area contributed by atoms with Crippen molar-refractivity contribution in [2.24, 2.45) is 10.9 Å². The molecule has 0 aromatic carbocycles. The molecule has 1 rings (SSSR count). The van der Waals surface area contributed by atoms with Crippen LogP contribution < -0.4 is 0 Å². The van der Waals surface area contributed by atoms with E-state index in [1.807, 2.05) is 13.8 Å². The van der Waals surface area contributed by atoms with Gasteiger partial charge < -0.3 is 5.11 Å². The van der Waals surface area contributed by atoms with E-state index in [-0.39, 0.29) is 11.1 Å². The fourth-order valence-corrected chi connectivity index (χ4v) is 1.99. The Bertz CT molecular complexity index is 493. The predicted octanol–water partition coefficient (Wildman–Crippen LogP) is 2.93. The van der Waals surface area contributed by atoms with Gasteiger partial charge in [0.1, 0.15) is 17.4 Å². The highest BCUT2D eigenvalue weighted by molar-refractivity contribution is 6.67. The summed E-state index contributed by atoms with van der Waals surface area (Å²) in [6, 6.07) is 1.05. The summed E-state index contributed by atoms with van der Waals surface area (Å²) < 4.78 is 0. The van der Waals surface area contributed by atoms with Crippen molar-refractivity contribution in [1.29, 1.82) is 5.41 Å². The van der Waals surface area contributed by atoms with Crippen LogP contribution in [-0.2, 0) is 0 Å². The molecule has 0 spiro atoms. The number of aliphatic hydroxyl groups excluding tert-OH is 1. The summed E-state index contributed by atoms with van der Waals surface area (Å²) >= 11 is 11.6. The van der Waals surface area contributed by atoms with Crippen LogP contribution in [-0.4, -0.2) is 45.7 Å². The van der Waals surface area contributed by atoms with Gasteiger partial charge in [-0.2, -0.15) is 0 Å². The van der Waals surface area contributed by atoms with Crippen LogP contribution in [0.1, 0.15) is 13.8 Å². The zero-order valence-corrected chi connectivity index (χ0v) is 13.1. The van der Waals surface area contributed by atoms with Gasteiger partial charge in [0.2, 0.25) is 0 Å². The van der Waals surface area contributed by atoms with Crippen molar-refractivity contribution in [3.05, 3.63) is 23.5 Å². The van der Waals surface area contributed by atoms with Crippen molar-refractivity contribution in [3.8, 4) is 0 Å². The predicted molar refractivity (Wildman–Crippen MR) is 83.4 cm³/mol. The minimum Gasteiger partial charge on any atom is -0.378 e. The summed E-state index contributed by atoms with van der Waals surface area (Å²) in [4.78, 5) is 9.71. The van der Waals surface area contributed by atoms with Crippen molar-refractivity contribution < 1.29 is 5.11 Å². The smallest absolute Gasteiger partial charge is 0.120 e. The fourth-order valence-electron chi connectivity index (χ4n) is 1.61. The number of aromatic nitrogens is 1.